The molecule has 0 aliphatic carbocycles. The zero-order chi connectivity index (χ0) is 13.1. The standard InChI is InChI=1S/C12H15N3O3/c1-8-2-3-13-4-9(8)5-14-12(18)15-6-10(7-15)11(16)17/h2-4,10H,5-7H2,1H3,(H,14,18)(H,16,17). The summed E-state index contributed by atoms with van der Waals surface area (Å²) in [4.78, 5) is 27.8. The molecule has 2 N–H and O–H groups in total. The highest BCUT2D eigenvalue weighted by Gasteiger charge is 2.35. The molecule has 0 atom stereocenters. The van der Waals surface area contributed by atoms with Gasteiger partial charge in [-0.25, -0.2) is 4.79 Å². The second-order valence-electron chi connectivity index (χ2n) is 4.40. The first-order chi connectivity index (χ1) is 8.58. The molecule has 2 heterocycles. The first-order valence-electron chi connectivity index (χ1n) is 5.73. The van der Waals surface area contributed by atoms with Gasteiger partial charge in [0.2, 0.25) is 0 Å². The van der Waals surface area contributed by atoms with Crippen molar-refractivity contribution in [3.8, 4) is 0 Å². The number of nitrogens with one attached hydrogen (secondary N) is 1. The van der Waals surface area contributed by atoms with Gasteiger partial charge in [0.1, 0.15) is 0 Å². The summed E-state index contributed by atoms with van der Waals surface area (Å²) in [7, 11) is 0. The summed E-state index contributed by atoms with van der Waals surface area (Å²) < 4.78 is 0. The molecule has 0 radical (unpaired) electrons. The molecule has 0 aromatic carbocycles. The number of hydrogen-bond acceptors (Lipinski definition) is 3. The molecule has 1 fully saturated rings. The Bertz CT molecular complexity index is 469. The van der Waals surface area contributed by atoms with Gasteiger partial charge in [-0.2, -0.15) is 0 Å². The molecule has 96 valence electrons. The molecule has 2 rings (SSSR count). The van der Waals surface area contributed by atoms with Gasteiger partial charge in [-0.1, -0.05) is 0 Å². The molecular weight excluding hydrogens is 234 g/mol. The van der Waals surface area contributed by atoms with Crippen LogP contribution in [0, 0.1) is 12.8 Å². The van der Waals surface area contributed by atoms with Crippen molar-refractivity contribution in [2.45, 2.75) is 13.5 Å². The summed E-state index contributed by atoms with van der Waals surface area (Å²) in [5.41, 5.74) is 2.03. The Morgan fingerprint density at radius 3 is 2.89 bits per heavy atom. The minimum atomic E-state index is -0.845. The molecule has 0 saturated carbocycles. The van der Waals surface area contributed by atoms with Gasteiger partial charge in [0.15, 0.2) is 0 Å². The van der Waals surface area contributed by atoms with Crippen LogP contribution in [0.2, 0.25) is 0 Å². The van der Waals surface area contributed by atoms with Gasteiger partial charge in [-0.05, 0) is 24.1 Å². The van der Waals surface area contributed by atoms with Crippen LogP contribution in [0.15, 0.2) is 18.5 Å². The first-order valence-corrected chi connectivity index (χ1v) is 5.73. The minimum absolute atomic E-state index is 0.226. The molecule has 0 bridgehead atoms. The zero-order valence-electron chi connectivity index (χ0n) is 10.1. The van der Waals surface area contributed by atoms with E-state index in [-0.39, 0.29) is 19.1 Å². The number of amides is 2. The molecule has 1 aliphatic rings. The van der Waals surface area contributed by atoms with Gasteiger partial charge in [-0.15, -0.1) is 0 Å². The van der Waals surface area contributed by atoms with E-state index in [9.17, 15) is 9.59 Å². The van der Waals surface area contributed by atoms with Gasteiger partial charge >= 0.3 is 12.0 Å². The topological polar surface area (TPSA) is 82.5 Å². The largest absolute Gasteiger partial charge is 0.481 e. The lowest BCUT2D eigenvalue weighted by Crippen LogP contribution is -2.56. The Labute approximate surface area is 105 Å². The quantitative estimate of drug-likeness (QED) is 0.822. The number of aryl methyl sites for hydroxylation is 1. The van der Waals surface area contributed by atoms with Crippen LogP contribution in [0.4, 0.5) is 4.79 Å². The highest BCUT2D eigenvalue weighted by atomic mass is 16.4. The number of likely N-dealkylation sites (tertiary alicyclic amines) is 1. The predicted molar refractivity (Wildman–Crippen MR) is 63.9 cm³/mol. The van der Waals surface area contributed by atoms with Gasteiger partial charge in [0.05, 0.1) is 5.92 Å². The van der Waals surface area contributed by atoms with Crippen LogP contribution in [0.3, 0.4) is 0 Å². The number of carbonyl (C=O) groups is 2. The van der Waals surface area contributed by atoms with Crippen LogP contribution in [-0.4, -0.2) is 40.1 Å². The van der Waals surface area contributed by atoms with Crippen molar-refractivity contribution in [3.63, 3.8) is 0 Å². The predicted octanol–water partition coefficient (Wildman–Crippen LogP) is 0.616. The normalized spacial score (nSPS) is 15.1. The molecular formula is C12H15N3O3. The summed E-state index contributed by atoms with van der Waals surface area (Å²) in [5, 5.41) is 11.5. The smallest absolute Gasteiger partial charge is 0.317 e. The molecule has 0 spiro atoms. The SMILES string of the molecule is Cc1ccncc1CNC(=O)N1CC(C(=O)O)C1. The van der Waals surface area contributed by atoms with E-state index in [2.05, 4.69) is 10.3 Å². The Morgan fingerprint density at radius 1 is 1.56 bits per heavy atom. The fourth-order valence-electron chi connectivity index (χ4n) is 1.76. The third-order valence-electron chi connectivity index (χ3n) is 3.10. The van der Waals surface area contributed by atoms with E-state index in [1.165, 1.54) is 4.90 Å². The summed E-state index contributed by atoms with van der Waals surface area (Å²) in [6, 6.07) is 1.65. The number of aromatic nitrogens is 1. The highest BCUT2D eigenvalue weighted by Crippen LogP contribution is 2.15. The van der Waals surface area contributed by atoms with Crippen LogP contribution in [0.5, 0.6) is 0 Å². The van der Waals surface area contributed by atoms with E-state index in [1.54, 1.807) is 12.4 Å². The van der Waals surface area contributed by atoms with E-state index in [4.69, 9.17) is 5.11 Å². The second-order valence-corrected chi connectivity index (χ2v) is 4.40. The monoisotopic (exact) mass is 249 g/mol. The van der Waals surface area contributed by atoms with Gasteiger partial charge in [-0.3, -0.25) is 9.78 Å². The molecule has 1 aromatic rings. The van der Waals surface area contributed by atoms with Crippen molar-refractivity contribution in [3.05, 3.63) is 29.6 Å². The van der Waals surface area contributed by atoms with E-state index in [1.807, 2.05) is 13.0 Å². The average Bonchev–Trinajstić information content (AvgIpc) is 2.25. The fraction of sp³-hybridized carbons (Fsp3) is 0.417. The Kier molecular flexibility index (Phi) is 3.45. The molecule has 1 aliphatic heterocycles. The van der Waals surface area contributed by atoms with E-state index in [0.717, 1.165) is 11.1 Å². The zero-order valence-corrected chi connectivity index (χ0v) is 10.1. The van der Waals surface area contributed by atoms with Crippen molar-refractivity contribution >= 4 is 12.0 Å². The summed E-state index contributed by atoms with van der Waals surface area (Å²) in [5.74, 6) is -1.27. The lowest BCUT2D eigenvalue weighted by Gasteiger charge is -2.36. The number of nitrogens with zero attached hydrogens (tertiary/aromatic N) is 2. The number of carboxylic acid groups (broad SMARTS) is 1. The van der Waals surface area contributed by atoms with Crippen molar-refractivity contribution < 1.29 is 14.7 Å². The number of pyridine rings is 1. The number of carbonyl (C=O) groups excluding carboxylic acids is 1. The molecule has 2 amide bonds. The van der Waals surface area contributed by atoms with Gasteiger partial charge in [0.25, 0.3) is 0 Å². The lowest BCUT2D eigenvalue weighted by molar-refractivity contribution is -0.146. The van der Waals surface area contributed by atoms with E-state index in [0.29, 0.717) is 6.54 Å². The molecule has 18 heavy (non-hydrogen) atoms. The summed E-state index contributed by atoms with van der Waals surface area (Å²) in [6.07, 6.45) is 3.42. The third-order valence-corrected chi connectivity index (χ3v) is 3.10. The maximum absolute atomic E-state index is 11.7. The number of hydrogen-bond donors (Lipinski definition) is 2. The van der Waals surface area contributed by atoms with E-state index < -0.39 is 11.9 Å². The first kappa shape index (κ1) is 12.3. The molecule has 1 saturated heterocycles. The van der Waals surface area contributed by atoms with Gasteiger partial charge < -0.3 is 15.3 Å². The molecule has 6 nitrogen and oxygen atoms in total. The van der Waals surface area contributed by atoms with Crippen LogP contribution in [0.1, 0.15) is 11.1 Å². The fourth-order valence-corrected chi connectivity index (χ4v) is 1.76. The maximum atomic E-state index is 11.7. The van der Waals surface area contributed by atoms with Crippen LogP contribution in [0.25, 0.3) is 0 Å². The summed E-state index contributed by atoms with van der Waals surface area (Å²) >= 11 is 0. The molecule has 6 heteroatoms. The van der Waals surface area contributed by atoms with Crippen molar-refractivity contribution in [1.29, 1.82) is 0 Å². The number of urea groups is 1. The third kappa shape index (κ3) is 2.58. The Balaban J connectivity index is 1.80. The van der Waals surface area contributed by atoms with Crippen molar-refractivity contribution in [2.24, 2.45) is 5.92 Å². The van der Waals surface area contributed by atoms with E-state index >= 15 is 0 Å². The number of rotatable bonds is 3. The van der Waals surface area contributed by atoms with Crippen LogP contribution >= 0.6 is 0 Å². The second kappa shape index (κ2) is 5.03. The maximum Gasteiger partial charge on any atom is 0.317 e. The van der Waals surface area contributed by atoms with Gasteiger partial charge in [0, 0.05) is 32.0 Å². The molecule has 0 unspecified atom stereocenters. The summed E-state index contributed by atoms with van der Waals surface area (Å²) in [6.45, 7) is 2.93. The van der Waals surface area contributed by atoms with Crippen LogP contribution in [-0.2, 0) is 11.3 Å². The highest BCUT2D eigenvalue weighted by molar-refractivity contribution is 5.79. The lowest BCUT2D eigenvalue weighted by atomic mass is 10.0. The van der Waals surface area contributed by atoms with Crippen LogP contribution < -0.4 is 5.32 Å². The number of carboxylic acids is 1. The number of aliphatic carboxylic acids is 1. The minimum Gasteiger partial charge on any atom is -0.481 e. The Hall–Kier alpha value is -2.11. The average molecular weight is 249 g/mol. The van der Waals surface area contributed by atoms with Crippen molar-refractivity contribution in [1.82, 2.24) is 15.2 Å². The van der Waals surface area contributed by atoms with Crippen molar-refractivity contribution in [2.75, 3.05) is 13.1 Å². The Morgan fingerprint density at radius 2 is 2.28 bits per heavy atom. The molecule has 1 aromatic heterocycles.